The van der Waals surface area contributed by atoms with Crippen molar-refractivity contribution in [3.63, 3.8) is 0 Å². The number of nitrogens with zero attached hydrogens (tertiary/aromatic N) is 4. The molecule has 19 heteroatoms. The number of carboxylic acid groups (broad SMARTS) is 1. The summed E-state index contributed by atoms with van der Waals surface area (Å²) >= 11 is 13.8. The van der Waals surface area contributed by atoms with Crippen LogP contribution in [-0.2, 0) is 27.8 Å². The number of thiazole rings is 1. The van der Waals surface area contributed by atoms with E-state index in [1.54, 1.807) is 4.72 Å². The number of likely N-dealkylation sites (tertiary alicyclic amines) is 1. The molecule has 2 aromatic heterocycles. The molecule has 0 saturated carbocycles. The number of sulfonamides is 1. The molecular formula is C26H27Cl2F5N5O5S2-. The summed E-state index contributed by atoms with van der Waals surface area (Å²) in [5.74, 6) is -4.40. The van der Waals surface area contributed by atoms with E-state index >= 15 is 0 Å². The molecule has 1 aliphatic rings. The summed E-state index contributed by atoms with van der Waals surface area (Å²) in [5, 5.41) is 18.5. The van der Waals surface area contributed by atoms with Crippen LogP contribution in [0.3, 0.4) is 0 Å². The first kappa shape index (κ1) is 35.4. The second-order valence-corrected chi connectivity index (χ2v) is 14.6. The number of benzene rings is 1. The van der Waals surface area contributed by atoms with Crippen molar-refractivity contribution in [3.05, 3.63) is 33.8 Å². The number of rotatable bonds is 11. The summed E-state index contributed by atoms with van der Waals surface area (Å²) in [6.45, 7) is 3.70. The maximum absolute atomic E-state index is 14.2. The molecule has 1 atom stereocenters. The SMILES string of the molecule is CCC(NS(=O)(=O)c1ccc(-c2sc(-c3nnc(CC(C)(C)C(=O)[O-])o3)nc2CN2CCCC(F)(F)C2)c(Cl)c1Cl)C(F)(F)F. The van der Waals surface area contributed by atoms with E-state index in [0.717, 1.165) is 24.3 Å². The highest BCUT2D eigenvalue weighted by atomic mass is 35.5. The molecule has 1 saturated heterocycles. The van der Waals surface area contributed by atoms with Gasteiger partial charge in [-0.2, -0.15) is 17.9 Å². The van der Waals surface area contributed by atoms with E-state index in [1.165, 1.54) is 24.8 Å². The first-order chi connectivity index (χ1) is 20.7. The Bertz CT molecular complexity index is 1680. The van der Waals surface area contributed by atoms with Crippen LogP contribution in [0.1, 0.15) is 51.6 Å². The first-order valence-electron chi connectivity index (χ1n) is 13.5. The van der Waals surface area contributed by atoms with Crippen LogP contribution in [-0.4, -0.2) is 65.7 Å². The van der Waals surface area contributed by atoms with Gasteiger partial charge in [0.05, 0.1) is 27.2 Å². The predicted octanol–water partition coefficient (Wildman–Crippen LogP) is 5.34. The van der Waals surface area contributed by atoms with Crippen LogP contribution in [0.25, 0.3) is 21.3 Å². The monoisotopic (exact) mass is 718 g/mol. The Morgan fingerprint density at radius 3 is 2.51 bits per heavy atom. The predicted molar refractivity (Wildman–Crippen MR) is 153 cm³/mol. The highest BCUT2D eigenvalue weighted by molar-refractivity contribution is 7.89. The number of aliphatic carboxylic acids is 1. The third-order valence-corrected chi connectivity index (χ3v) is 10.6. The zero-order valence-electron chi connectivity index (χ0n) is 24.0. The molecule has 0 radical (unpaired) electrons. The van der Waals surface area contributed by atoms with Crippen LogP contribution in [0, 0.1) is 5.41 Å². The number of nitrogens with one attached hydrogen (secondary N) is 1. The lowest BCUT2D eigenvalue weighted by atomic mass is 9.90. The Balaban J connectivity index is 1.75. The Morgan fingerprint density at radius 2 is 1.91 bits per heavy atom. The zero-order valence-corrected chi connectivity index (χ0v) is 27.1. The van der Waals surface area contributed by atoms with E-state index in [9.17, 15) is 40.3 Å². The maximum atomic E-state index is 14.2. The smallest absolute Gasteiger partial charge is 0.404 e. The molecule has 1 unspecified atom stereocenters. The first-order valence-corrected chi connectivity index (χ1v) is 16.5. The summed E-state index contributed by atoms with van der Waals surface area (Å²) in [5.41, 5.74) is -0.970. The molecule has 0 bridgehead atoms. The summed E-state index contributed by atoms with van der Waals surface area (Å²) in [6, 6.07) is -0.156. The highest BCUT2D eigenvalue weighted by Crippen LogP contribution is 2.44. The van der Waals surface area contributed by atoms with Crippen LogP contribution in [0.5, 0.6) is 0 Å². The van der Waals surface area contributed by atoms with E-state index in [-0.39, 0.29) is 63.8 Å². The van der Waals surface area contributed by atoms with Crippen molar-refractivity contribution in [1.29, 1.82) is 0 Å². The van der Waals surface area contributed by atoms with Crippen molar-refractivity contribution in [2.45, 2.75) is 76.0 Å². The minimum absolute atomic E-state index is 0.0273. The second-order valence-electron chi connectivity index (χ2n) is 11.2. The fourth-order valence-electron chi connectivity index (χ4n) is 4.56. The van der Waals surface area contributed by atoms with Gasteiger partial charge < -0.3 is 14.3 Å². The fourth-order valence-corrected chi connectivity index (χ4v) is 7.82. The molecule has 1 fully saturated rings. The maximum Gasteiger partial charge on any atom is 0.404 e. The van der Waals surface area contributed by atoms with Gasteiger partial charge in [-0.1, -0.05) is 50.0 Å². The molecule has 0 amide bonds. The molecule has 248 valence electrons. The molecule has 45 heavy (non-hydrogen) atoms. The van der Waals surface area contributed by atoms with E-state index < -0.39 is 62.4 Å². The molecule has 1 aromatic carbocycles. The van der Waals surface area contributed by atoms with Crippen LogP contribution < -0.4 is 9.83 Å². The normalized spacial score (nSPS) is 17.0. The van der Waals surface area contributed by atoms with E-state index in [4.69, 9.17) is 27.6 Å². The fraction of sp³-hybridized carbons (Fsp3) is 0.538. The van der Waals surface area contributed by atoms with Gasteiger partial charge in [0.25, 0.3) is 11.8 Å². The molecule has 0 aliphatic carbocycles. The zero-order chi connectivity index (χ0) is 33.5. The van der Waals surface area contributed by atoms with Crippen molar-refractivity contribution in [2.24, 2.45) is 5.41 Å². The van der Waals surface area contributed by atoms with E-state index in [0.29, 0.717) is 6.54 Å². The lowest BCUT2D eigenvalue weighted by Gasteiger charge is -2.32. The van der Waals surface area contributed by atoms with Crippen LogP contribution in [0.2, 0.25) is 10.0 Å². The number of halogens is 7. The van der Waals surface area contributed by atoms with E-state index in [1.807, 2.05) is 0 Å². The number of hydrogen-bond donors (Lipinski definition) is 1. The van der Waals surface area contributed by atoms with Gasteiger partial charge >= 0.3 is 6.18 Å². The third-order valence-electron chi connectivity index (χ3n) is 7.02. The largest absolute Gasteiger partial charge is 0.550 e. The van der Waals surface area contributed by atoms with E-state index in [2.05, 4.69) is 15.2 Å². The van der Waals surface area contributed by atoms with Crippen molar-refractivity contribution >= 4 is 50.5 Å². The number of alkyl halides is 5. The molecule has 1 N–H and O–H groups in total. The quantitative estimate of drug-likeness (QED) is 0.260. The van der Waals surface area contributed by atoms with Gasteiger partial charge in [-0.15, -0.1) is 21.5 Å². The molecular weight excluding hydrogens is 692 g/mol. The number of aromatic nitrogens is 3. The van der Waals surface area contributed by atoms with Gasteiger partial charge in [-0.25, -0.2) is 22.2 Å². The van der Waals surface area contributed by atoms with Crippen LogP contribution in [0.4, 0.5) is 22.0 Å². The van der Waals surface area contributed by atoms with Crippen LogP contribution in [0.15, 0.2) is 21.4 Å². The van der Waals surface area contributed by atoms with Gasteiger partial charge in [0.2, 0.25) is 15.9 Å². The Morgan fingerprint density at radius 1 is 1.22 bits per heavy atom. The van der Waals surface area contributed by atoms with Gasteiger partial charge in [0.1, 0.15) is 10.9 Å². The number of carboxylic acids is 1. The summed E-state index contributed by atoms with van der Waals surface area (Å²) < 4.78 is 101. The lowest BCUT2D eigenvalue weighted by Crippen LogP contribution is -2.44. The highest BCUT2D eigenvalue weighted by Gasteiger charge is 2.42. The van der Waals surface area contributed by atoms with Gasteiger partial charge in [-0.05, 0) is 25.5 Å². The minimum Gasteiger partial charge on any atom is -0.550 e. The average Bonchev–Trinajstić information content (AvgIpc) is 3.54. The molecule has 3 aromatic rings. The van der Waals surface area contributed by atoms with Gasteiger partial charge in [0, 0.05) is 36.3 Å². The summed E-state index contributed by atoms with van der Waals surface area (Å²) in [7, 11) is -4.78. The summed E-state index contributed by atoms with van der Waals surface area (Å²) in [4.78, 5) is 17.0. The number of carbonyl (C=O) groups excluding carboxylic acids is 1. The van der Waals surface area contributed by atoms with Crippen molar-refractivity contribution < 1.29 is 44.7 Å². The van der Waals surface area contributed by atoms with Crippen molar-refractivity contribution in [2.75, 3.05) is 13.1 Å². The molecule has 10 nitrogen and oxygen atoms in total. The topological polar surface area (TPSA) is 141 Å². The molecule has 3 heterocycles. The number of piperidine rings is 1. The molecule has 4 rings (SSSR count). The standard InChI is InChI=1S/C26H28Cl2F5N5O5S2/c1-4-16(26(31,32)33)37-45(41,42)15-7-6-13(18(27)19(15)28)20-14(11-38-9-5-8-25(29,30)12-38)34-22(44-20)21-36-35-17(43-21)10-24(2,3)23(39)40/h6-7,16,37H,4-5,8-12H2,1-3H3,(H,39,40)/p-1. The van der Waals surface area contributed by atoms with Crippen molar-refractivity contribution in [1.82, 2.24) is 24.8 Å². The Kier molecular flexibility index (Phi) is 10.2. The molecule has 0 spiro atoms. The minimum atomic E-state index is -4.86. The average molecular weight is 720 g/mol. The van der Waals surface area contributed by atoms with Crippen LogP contribution >= 0.6 is 34.5 Å². The summed E-state index contributed by atoms with van der Waals surface area (Å²) in [6.07, 6.45) is -5.63. The number of carbonyl (C=O) groups is 1. The van der Waals surface area contributed by atoms with Gasteiger partial charge in [-0.3, -0.25) is 4.90 Å². The van der Waals surface area contributed by atoms with Gasteiger partial charge in [0.15, 0.2) is 5.01 Å². The molecule has 1 aliphatic heterocycles. The number of hydrogen-bond acceptors (Lipinski definition) is 10. The lowest BCUT2D eigenvalue weighted by molar-refractivity contribution is -0.317. The Labute approximate surface area is 269 Å². The third kappa shape index (κ3) is 8.11. The Hall–Kier alpha value is -2.44. The van der Waals surface area contributed by atoms with Crippen molar-refractivity contribution in [3.8, 4) is 21.3 Å². The second kappa shape index (κ2) is 13.0.